The van der Waals surface area contributed by atoms with Crippen LogP contribution >= 0.6 is 12.2 Å². The molecule has 0 aromatic heterocycles. The quantitative estimate of drug-likeness (QED) is 0.682. The van der Waals surface area contributed by atoms with Crippen molar-refractivity contribution in [1.29, 1.82) is 0 Å². The van der Waals surface area contributed by atoms with Crippen LogP contribution in [0.1, 0.15) is 12.5 Å². The van der Waals surface area contributed by atoms with E-state index in [0.29, 0.717) is 28.7 Å². The number of rotatable bonds is 4. The Kier molecular flexibility index (Phi) is 4.57. The smallest absolute Gasteiger partial charge is 0.281 e. The van der Waals surface area contributed by atoms with Gasteiger partial charge in [-0.15, -0.1) is 0 Å². The first-order valence-corrected chi connectivity index (χ1v) is 7.85. The molecule has 2 aromatic carbocycles. The summed E-state index contributed by atoms with van der Waals surface area (Å²) in [6, 6.07) is 13.0. The van der Waals surface area contributed by atoms with E-state index < -0.39 is 0 Å². The summed E-state index contributed by atoms with van der Waals surface area (Å²) < 4.78 is 18.4. The zero-order chi connectivity index (χ0) is 17.1. The molecule has 0 unspecified atom stereocenters. The topological polar surface area (TPSA) is 41.6 Å². The third kappa shape index (κ3) is 3.28. The molecule has 1 amide bonds. The van der Waals surface area contributed by atoms with Gasteiger partial charge in [0.15, 0.2) is 5.11 Å². The predicted molar refractivity (Wildman–Crippen MR) is 95.2 cm³/mol. The second kappa shape index (κ2) is 6.80. The van der Waals surface area contributed by atoms with Crippen LogP contribution in [-0.4, -0.2) is 17.6 Å². The van der Waals surface area contributed by atoms with E-state index in [1.807, 2.05) is 6.92 Å². The summed E-state index contributed by atoms with van der Waals surface area (Å²) >= 11 is 5.26. The van der Waals surface area contributed by atoms with Gasteiger partial charge in [0.25, 0.3) is 5.91 Å². The summed E-state index contributed by atoms with van der Waals surface area (Å²) in [5.41, 5.74) is 1.72. The summed E-state index contributed by atoms with van der Waals surface area (Å²) in [4.78, 5) is 14.0. The van der Waals surface area contributed by atoms with Gasteiger partial charge in [0.2, 0.25) is 0 Å². The van der Waals surface area contributed by atoms with Gasteiger partial charge in [0.1, 0.15) is 17.3 Å². The van der Waals surface area contributed by atoms with E-state index in [1.54, 1.807) is 42.5 Å². The maximum absolute atomic E-state index is 13.0. The Morgan fingerprint density at radius 3 is 2.46 bits per heavy atom. The number of amides is 1. The molecule has 6 heteroatoms. The van der Waals surface area contributed by atoms with Crippen LogP contribution < -0.4 is 15.0 Å². The van der Waals surface area contributed by atoms with Crippen molar-refractivity contribution in [2.45, 2.75) is 6.92 Å². The molecule has 1 aliphatic heterocycles. The number of hydrogen-bond donors (Lipinski definition) is 1. The number of nitrogens with one attached hydrogen (secondary N) is 1. The van der Waals surface area contributed by atoms with Crippen LogP contribution in [0.3, 0.4) is 0 Å². The highest BCUT2D eigenvalue weighted by atomic mass is 32.1. The van der Waals surface area contributed by atoms with Gasteiger partial charge in [0, 0.05) is 0 Å². The highest BCUT2D eigenvalue weighted by molar-refractivity contribution is 7.80. The van der Waals surface area contributed by atoms with Crippen LogP contribution in [0, 0.1) is 5.82 Å². The lowest BCUT2D eigenvalue weighted by Crippen LogP contribution is -2.30. The SMILES string of the molecule is CCOc1ccc(N2C(=O)/C(=C\c3ccc(F)cc3)NC2=S)cc1. The second-order valence-corrected chi connectivity index (χ2v) is 5.49. The number of halogens is 1. The Morgan fingerprint density at radius 2 is 1.83 bits per heavy atom. The fourth-order valence-electron chi connectivity index (χ4n) is 2.35. The molecule has 2 aromatic rings. The van der Waals surface area contributed by atoms with Crippen molar-refractivity contribution in [3.63, 3.8) is 0 Å². The number of benzene rings is 2. The largest absolute Gasteiger partial charge is 0.494 e. The Bertz CT molecular complexity index is 801. The van der Waals surface area contributed by atoms with Gasteiger partial charge >= 0.3 is 0 Å². The molecule has 24 heavy (non-hydrogen) atoms. The predicted octanol–water partition coefficient (Wildman–Crippen LogP) is 3.49. The number of anilines is 1. The molecule has 0 bridgehead atoms. The molecular formula is C18H15FN2O2S. The number of carbonyl (C=O) groups is 1. The minimum atomic E-state index is -0.325. The van der Waals surface area contributed by atoms with E-state index >= 15 is 0 Å². The molecule has 0 radical (unpaired) electrons. The molecule has 1 heterocycles. The second-order valence-electron chi connectivity index (χ2n) is 5.11. The van der Waals surface area contributed by atoms with E-state index in [0.717, 1.165) is 5.75 Å². The van der Waals surface area contributed by atoms with E-state index in [9.17, 15) is 9.18 Å². The minimum Gasteiger partial charge on any atom is -0.494 e. The molecule has 1 N–H and O–H groups in total. The van der Waals surface area contributed by atoms with Crippen molar-refractivity contribution in [2.75, 3.05) is 11.5 Å². The Morgan fingerprint density at radius 1 is 1.17 bits per heavy atom. The molecule has 1 aliphatic rings. The first-order chi connectivity index (χ1) is 11.6. The van der Waals surface area contributed by atoms with Crippen LogP contribution in [0.2, 0.25) is 0 Å². The summed E-state index contributed by atoms with van der Waals surface area (Å²) in [7, 11) is 0. The van der Waals surface area contributed by atoms with Crippen molar-refractivity contribution in [1.82, 2.24) is 5.32 Å². The lowest BCUT2D eigenvalue weighted by atomic mass is 10.2. The molecular weight excluding hydrogens is 327 g/mol. The normalized spacial score (nSPS) is 15.8. The number of ether oxygens (including phenoxy) is 1. The van der Waals surface area contributed by atoms with Crippen molar-refractivity contribution in [2.24, 2.45) is 0 Å². The van der Waals surface area contributed by atoms with E-state index in [4.69, 9.17) is 17.0 Å². The van der Waals surface area contributed by atoms with Gasteiger partial charge < -0.3 is 10.1 Å². The average molecular weight is 342 g/mol. The van der Waals surface area contributed by atoms with Crippen molar-refractivity contribution >= 4 is 35.0 Å². The van der Waals surface area contributed by atoms with Gasteiger partial charge in [-0.2, -0.15) is 0 Å². The molecule has 0 aliphatic carbocycles. The van der Waals surface area contributed by atoms with Crippen molar-refractivity contribution < 1.29 is 13.9 Å². The van der Waals surface area contributed by atoms with Gasteiger partial charge in [-0.25, -0.2) is 4.39 Å². The molecule has 0 atom stereocenters. The van der Waals surface area contributed by atoms with E-state index in [2.05, 4.69) is 5.32 Å². The number of thiocarbonyl (C=S) groups is 1. The summed E-state index contributed by atoms with van der Waals surface area (Å²) in [6.45, 7) is 2.48. The monoisotopic (exact) mass is 342 g/mol. The maximum atomic E-state index is 13.0. The fourth-order valence-corrected chi connectivity index (χ4v) is 2.65. The Hall–Kier alpha value is -2.73. The van der Waals surface area contributed by atoms with Crippen LogP contribution in [0.25, 0.3) is 6.08 Å². The van der Waals surface area contributed by atoms with Gasteiger partial charge in [0.05, 0.1) is 12.3 Å². The lowest BCUT2D eigenvalue weighted by molar-refractivity contribution is -0.113. The first-order valence-electron chi connectivity index (χ1n) is 7.44. The molecule has 122 valence electrons. The van der Waals surface area contributed by atoms with Crippen molar-refractivity contribution in [3.8, 4) is 5.75 Å². The fraction of sp³-hybridized carbons (Fsp3) is 0.111. The number of nitrogens with zero attached hydrogens (tertiary/aromatic N) is 1. The van der Waals surface area contributed by atoms with Crippen LogP contribution in [-0.2, 0) is 4.79 Å². The molecule has 1 saturated heterocycles. The van der Waals surface area contributed by atoms with Crippen LogP contribution in [0.4, 0.5) is 10.1 Å². The Balaban J connectivity index is 1.84. The molecule has 0 saturated carbocycles. The summed E-state index contributed by atoms with van der Waals surface area (Å²) in [6.07, 6.45) is 1.64. The highest BCUT2D eigenvalue weighted by Gasteiger charge is 2.31. The van der Waals surface area contributed by atoms with Gasteiger partial charge in [-0.1, -0.05) is 12.1 Å². The summed E-state index contributed by atoms with van der Waals surface area (Å²) in [5, 5.41) is 3.20. The first kappa shape index (κ1) is 16.1. The third-order valence-electron chi connectivity index (χ3n) is 3.47. The highest BCUT2D eigenvalue weighted by Crippen LogP contribution is 2.25. The molecule has 1 fully saturated rings. The molecule has 3 rings (SSSR count). The third-order valence-corrected chi connectivity index (χ3v) is 3.75. The Labute approximate surface area is 144 Å². The summed E-state index contributed by atoms with van der Waals surface area (Å²) in [5.74, 6) is 0.150. The van der Waals surface area contributed by atoms with Gasteiger partial charge in [-0.3, -0.25) is 9.69 Å². The van der Waals surface area contributed by atoms with E-state index in [-0.39, 0.29) is 11.7 Å². The molecule has 4 nitrogen and oxygen atoms in total. The number of carbonyl (C=O) groups excluding carboxylic acids is 1. The van der Waals surface area contributed by atoms with E-state index in [1.165, 1.54) is 17.0 Å². The zero-order valence-corrected chi connectivity index (χ0v) is 13.8. The van der Waals surface area contributed by atoms with Crippen molar-refractivity contribution in [3.05, 3.63) is 65.6 Å². The van der Waals surface area contributed by atoms with Crippen LogP contribution in [0.15, 0.2) is 54.2 Å². The van der Waals surface area contributed by atoms with Crippen LogP contribution in [0.5, 0.6) is 5.75 Å². The average Bonchev–Trinajstić information content (AvgIpc) is 2.85. The van der Waals surface area contributed by atoms with Gasteiger partial charge in [-0.05, 0) is 67.2 Å². The number of hydrogen-bond acceptors (Lipinski definition) is 3. The zero-order valence-electron chi connectivity index (χ0n) is 13.0. The minimum absolute atomic E-state index is 0.256. The molecule has 0 spiro atoms. The standard InChI is InChI=1S/C18H15FN2O2S/c1-2-23-15-9-7-14(8-10-15)21-17(22)16(20-18(21)24)11-12-3-5-13(19)6-4-12/h3-11H,2H2,1H3,(H,20,24)/b16-11+. The lowest BCUT2D eigenvalue weighted by Gasteiger charge is -2.14. The maximum Gasteiger partial charge on any atom is 0.281 e.